The van der Waals surface area contributed by atoms with E-state index in [1.807, 2.05) is 6.92 Å². The number of ether oxygens (including phenoxy) is 1. The maximum Gasteiger partial charge on any atom is 0.271 e. The standard InChI is InChI=1S/C11H15ClN4O2/c1-6-8(4-5-18-6)14-11(17)10-7(12)2-3-9(15-10)16-13/h2-3,6,8H,4-5,13H2,1H3,(H,14,17)(H,15,16). The minimum absolute atomic E-state index is 0.00328. The molecule has 2 heterocycles. The molecule has 6 nitrogen and oxygen atoms in total. The minimum atomic E-state index is -0.320. The summed E-state index contributed by atoms with van der Waals surface area (Å²) < 4.78 is 5.38. The molecule has 4 N–H and O–H groups in total. The molecule has 2 rings (SSSR count). The number of amides is 1. The fourth-order valence-corrected chi connectivity index (χ4v) is 2.03. The van der Waals surface area contributed by atoms with Crippen LogP contribution in [0.5, 0.6) is 0 Å². The van der Waals surface area contributed by atoms with Gasteiger partial charge in [-0.25, -0.2) is 10.8 Å². The molecule has 0 aliphatic carbocycles. The molecular formula is C11H15ClN4O2. The average Bonchev–Trinajstić information content (AvgIpc) is 2.75. The van der Waals surface area contributed by atoms with Gasteiger partial charge in [-0.15, -0.1) is 0 Å². The SMILES string of the molecule is CC1OCCC1NC(=O)c1nc(NN)ccc1Cl. The average molecular weight is 271 g/mol. The summed E-state index contributed by atoms with van der Waals surface area (Å²) in [5, 5.41) is 3.15. The van der Waals surface area contributed by atoms with Gasteiger partial charge in [-0.1, -0.05) is 11.6 Å². The van der Waals surface area contributed by atoms with E-state index in [-0.39, 0.29) is 28.8 Å². The van der Waals surface area contributed by atoms with E-state index in [0.717, 1.165) is 6.42 Å². The number of carbonyl (C=O) groups is 1. The van der Waals surface area contributed by atoms with Crippen LogP contribution in [0.15, 0.2) is 12.1 Å². The Kier molecular flexibility index (Phi) is 4.00. The molecule has 1 amide bonds. The second kappa shape index (κ2) is 5.51. The molecule has 1 saturated heterocycles. The van der Waals surface area contributed by atoms with E-state index in [1.165, 1.54) is 0 Å². The molecule has 1 aromatic heterocycles. The lowest BCUT2D eigenvalue weighted by molar-refractivity contribution is 0.0862. The summed E-state index contributed by atoms with van der Waals surface area (Å²) in [4.78, 5) is 16.1. The Morgan fingerprint density at radius 1 is 1.61 bits per heavy atom. The molecule has 0 aromatic carbocycles. The van der Waals surface area contributed by atoms with E-state index in [1.54, 1.807) is 12.1 Å². The third-order valence-electron chi connectivity index (χ3n) is 2.90. The summed E-state index contributed by atoms with van der Waals surface area (Å²) >= 11 is 5.95. The van der Waals surface area contributed by atoms with Crippen molar-refractivity contribution in [2.24, 2.45) is 5.84 Å². The third-order valence-corrected chi connectivity index (χ3v) is 3.21. The van der Waals surface area contributed by atoms with E-state index in [2.05, 4.69) is 15.7 Å². The van der Waals surface area contributed by atoms with Crippen molar-refractivity contribution in [1.29, 1.82) is 0 Å². The van der Waals surface area contributed by atoms with Gasteiger partial charge in [0.05, 0.1) is 17.2 Å². The van der Waals surface area contributed by atoms with Crippen LogP contribution < -0.4 is 16.6 Å². The molecule has 2 atom stereocenters. The van der Waals surface area contributed by atoms with Gasteiger partial charge in [-0.3, -0.25) is 4.79 Å². The number of hydrogen-bond donors (Lipinski definition) is 3. The van der Waals surface area contributed by atoms with Gasteiger partial charge in [0.2, 0.25) is 0 Å². The number of rotatable bonds is 3. The maximum atomic E-state index is 12.1. The molecule has 1 fully saturated rings. The Balaban J connectivity index is 2.12. The van der Waals surface area contributed by atoms with Gasteiger partial charge in [0, 0.05) is 6.61 Å². The first-order valence-corrected chi connectivity index (χ1v) is 6.05. The maximum absolute atomic E-state index is 12.1. The fourth-order valence-electron chi connectivity index (χ4n) is 1.84. The largest absolute Gasteiger partial charge is 0.376 e. The van der Waals surface area contributed by atoms with Crippen LogP contribution in [0.25, 0.3) is 0 Å². The summed E-state index contributed by atoms with van der Waals surface area (Å²) in [6.45, 7) is 2.57. The second-order valence-electron chi connectivity index (χ2n) is 4.12. The number of nitrogens with two attached hydrogens (primary N) is 1. The summed E-state index contributed by atoms with van der Waals surface area (Å²) in [5.74, 6) is 5.32. The number of carbonyl (C=O) groups excluding carboxylic acids is 1. The van der Waals surface area contributed by atoms with Crippen molar-refractivity contribution in [2.75, 3.05) is 12.0 Å². The number of pyridine rings is 1. The smallest absolute Gasteiger partial charge is 0.271 e. The van der Waals surface area contributed by atoms with Crippen LogP contribution in [0.1, 0.15) is 23.8 Å². The van der Waals surface area contributed by atoms with Crippen molar-refractivity contribution in [3.05, 3.63) is 22.8 Å². The highest BCUT2D eigenvalue weighted by Crippen LogP contribution is 2.18. The Morgan fingerprint density at radius 3 is 3.00 bits per heavy atom. The molecule has 1 aliphatic heterocycles. The van der Waals surface area contributed by atoms with Crippen molar-refractivity contribution >= 4 is 23.3 Å². The van der Waals surface area contributed by atoms with E-state index in [9.17, 15) is 4.79 Å². The summed E-state index contributed by atoms with van der Waals surface area (Å²) in [6, 6.07) is 3.16. The Hall–Kier alpha value is -1.37. The highest BCUT2D eigenvalue weighted by Gasteiger charge is 2.27. The second-order valence-corrected chi connectivity index (χ2v) is 4.52. The van der Waals surface area contributed by atoms with Gasteiger partial charge in [0.25, 0.3) is 5.91 Å². The monoisotopic (exact) mass is 270 g/mol. The zero-order valence-electron chi connectivity index (χ0n) is 9.94. The lowest BCUT2D eigenvalue weighted by atomic mass is 10.1. The van der Waals surface area contributed by atoms with Crippen LogP contribution in [0.4, 0.5) is 5.82 Å². The molecule has 98 valence electrons. The van der Waals surface area contributed by atoms with Gasteiger partial charge in [0.15, 0.2) is 0 Å². The van der Waals surface area contributed by atoms with Crippen LogP contribution in [0.3, 0.4) is 0 Å². The molecule has 0 bridgehead atoms. The van der Waals surface area contributed by atoms with Gasteiger partial charge in [0.1, 0.15) is 11.5 Å². The zero-order valence-corrected chi connectivity index (χ0v) is 10.7. The highest BCUT2D eigenvalue weighted by atomic mass is 35.5. The van der Waals surface area contributed by atoms with Crippen LogP contribution >= 0.6 is 11.6 Å². The first-order chi connectivity index (χ1) is 8.61. The topological polar surface area (TPSA) is 89.3 Å². The number of anilines is 1. The molecule has 1 aromatic rings. The van der Waals surface area contributed by atoms with Crippen molar-refractivity contribution in [3.63, 3.8) is 0 Å². The lowest BCUT2D eigenvalue weighted by Crippen LogP contribution is -2.39. The zero-order chi connectivity index (χ0) is 13.1. The predicted octanol–water partition coefficient (Wildman–Crippen LogP) is 0.928. The first kappa shape index (κ1) is 13.1. The van der Waals surface area contributed by atoms with Gasteiger partial charge < -0.3 is 15.5 Å². The van der Waals surface area contributed by atoms with Crippen LogP contribution in [-0.2, 0) is 4.74 Å². The first-order valence-electron chi connectivity index (χ1n) is 5.67. The third kappa shape index (κ3) is 2.72. The number of hydrogen-bond acceptors (Lipinski definition) is 5. The predicted molar refractivity (Wildman–Crippen MR) is 68.3 cm³/mol. The molecule has 18 heavy (non-hydrogen) atoms. The number of aromatic nitrogens is 1. The Bertz CT molecular complexity index is 455. The number of hydrazine groups is 1. The van der Waals surface area contributed by atoms with Crippen LogP contribution in [-0.4, -0.2) is 29.6 Å². The lowest BCUT2D eigenvalue weighted by Gasteiger charge is -2.16. The number of nitrogens with one attached hydrogen (secondary N) is 2. The fraction of sp³-hybridized carbons (Fsp3) is 0.455. The van der Waals surface area contributed by atoms with Crippen LogP contribution in [0.2, 0.25) is 5.02 Å². The molecule has 1 aliphatic rings. The minimum Gasteiger partial charge on any atom is -0.376 e. The molecular weight excluding hydrogens is 256 g/mol. The summed E-state index contributed by atoms with van der Waals surface area (Å²) in [6.07, 6.45) is 0.794. The van der Waals surface area contributed by atoms with Crippen LogP contribution in [0, 0.1) is 0 Å². The molecule has 0 spiro atoms. The molecule has 2 unspecified atom stereocenters. The van der Waals surface area contributed by atoms with Crippen molar-refractivity contribution in [1.82, 2.24) is 10.3 Å². The number of nitrogen functional groups attached to an aromatic ring is 1. The van der Waals surface area contributed by atoms with E-state index < -0.39 is 0 Å². The van der Waals surface area contributed by atoms with Gasteiger partial charge >= 0.3 is 0 Å². The normalized spacial score (nSPS) is 22.8. The van der Waals surface area contributed by atoms with Gasteiger partial charge in [-0.05, 0) is 25.5 Å². The number of nitrogens with zero attached hydrogens (tertiary/aromatic N) is 1. The van der Waals surface area contributed by atoms with Crippen molar-refractivity contribution in [2.45, 2.75) is 25.5 Å². The molecule has 0 radical (unpaired) electrons. The molecule has 0 saturated carbocycles. The van der Waals surface area contributed by atoms with Gasteiger partial charge in [-0.2, -0.15) is 0 Å². The Morgan fingerprint density at radius 2 is 2.39 bits per heavy atom. The molecule has 7 heteroatoms. The van der Waals surface area contributed by atoms with Crippen molar-refractivity contribution in [3.8, 4) is 0 Å². The number of halogens is 1. The quantitative estimate of drug-likeness (QED) is 0.562. The highest BCUT2D eigenvalue weighted by molar-refractivity contribution is 6.33. The summed E-state index contributed by atoms with van der Waals surface area (Å²) in [5.41, 5.74) is 2.54. The Labute approximate surface area is 110 Å². The van der Waals surface area contributed by atoms with E-state index in [4.69, 9.17) is 22.2 Å². The summed E-state index contributed by atoms with van der Waals surface area (Å²) in [7, 11) is 0. The van der Waals surface area contributed by atoms with E-state index in [0.29, 0.717) is 12.4 Å². The van der Waals surface area contributed by atoms with E-state index >= 15 is 0 Å². The van der Waals surface area contributed by atoms with Crippen molar-refractivity contribution < 1.29 is 9.53 Å².